The molecule has 2 saturated heterocycles. The summed E-state index contributed by atoms with van der Waals surface area (Å²) in [5.41, 5.74) is 7.98. The molecule has 8 nitrogen and oxygen atoms in total. The van der Waals surface area contributed by atoms with Crippen LogP contribution in [-0.2, 0) is 9.59 Å². The fourth-order valence-electron chi connectivity index (χ4n) is 4.87. The van der Waals surface area contributed by atoms with Crippen LogP contribution in [0, 0.1) is 12.8 Å². The number of primary amides is 1. The molecule has 0 aliphatic carbocycles. The Morgan fingerprint density at radius 2 is 1.86 bits per heavy atom. The van der Waals surface area contributed by atoms with Crippen molar-refractivity contribution in [3.05, 3.63) is 80.6 Å². The van der Waals surface area contributed by atoms with Gasteiger partial charge in [0.1, 0.15) is 15.8 Å². The van der Waals surface area contributed by atoms with E-state index in [1.54, 1.807) is 23.2 Å². The number of pyridine rings is 1. The molecule has 2 fully saturated rings. The first-order valence-corrected chi connectivity index (χ1v) is 13.4. The van der Waals surface area contributed by atoms with Gasteiger partial charge in [0.05, 0.1) is 16.5 Å². The lowest BCUT2D eigenvalue weighted by Gasteiger charge is -2.32. The number of amides is 2. The van der Waals surface area contributed by atoms with Crippen LogP contribution in [0.4, 0.5) is 5.82 Å². The lowest BCUT2D eigenvalue weighted by Crippen LogP contribution is -2.40. The van der Waals surface area contributed by atoms with Gasteiger partial charge < -0.3 is 10.6 Å². The number of thiocarbonyl (C=S) groups is 1. The summed E-state index contributed by atoms with van der Waals surface area (Å²) in [6.45, 7) is 4.91. The topological polar surface area (TPSA) is 101 Å². The van der Waals surface area contributed by atoms with E-state index < -0.39 is 0 Å². The van der Waals surface area contributed by atoms with E-state index in [1.165, 1.54) is 16.2 Å². The molecule has 1 aromatic carbocycles. The molecule has 5 rings (SSSR count). The molecule has 190 valence electrons. The monoisotopic (exact) mass is 533 g/mol. The molecular formula is C27H27N5O3S2. The third kappa shape index (κ3) is 4.67. The summed E-state index contributed by atoms with van der Waals surface area (Å²) in [6.07, 6.45) is 4.47. The number of carbonyl (C=O) groups excluding carboxylic acids is 2. The zero-order valence-corrected chi connectivity index (χ0v) is 22.2. The third-order valence-corrected chi connectivity index (χ3v) is 8.36. The number of rotatable bonds is 5. The zero-order chi connectivity index (χ0) is 26.3. The molecule has 2 N–H and O–H groups in total. The van der Waals surface area contributed by atoms with Crippen molar-refractivity contribution in [2.75, 3.05) is 18.0 Å². The molecule has 0 saturated carbocycles. The van der Waals surface area contributed by atoms with Crippen LogP contribution < -0.4 is 16.2 Å². The fraction of sp³-hybridized carbons (Fsp3) is 0.296. The van der Waals surface area contributed by atoms with E-state index in [-0.39, 0.29) is 29.3 Å². The van der Waals surface area contributed by atoms with Gasteiger partial charge in [-0.05, 0) is 50.0 Å². The highest BCUT2D eigenvalue weighted by molar-refractivity contribution is 8.26. The van der Waals surface area contributed by atoms with Crippen LogP contribution in [0.5, 0.6) is 0 Å². The van der Waals surface area contributed by atoms with E-state index in [4.69, 9.17) is 22.9 Å². The summed E-state index contributed by atoms with van der Waals surface area (Å²) in [5, 5.41) is 0. The molecule has 0 radical (unpaired) electrons. The molecular weight excluding hydrogens is 506 g/mol. The average Bonchev–Trinajstić information content (AvgIpc) is 3.18. The van der Waals surface area contributed by atoms with Crippen LogP contribution in [0.25, 0.3) is 11.7 Å². The van der Waals surface area contributed by atoms with Crippen LogP contribution in [0.2, 0.25) is 0 Å². The van der Waals surface area contributed by atoms with Crippen molar-refractivity contribution >= 4 is 57.7 Å². The highest BCUT2D eigenvalue weighted by Gasteiger charge is 2.37. The Labute approximate surface area is 224 Å². The lowest BCUT2D eigenvalue weighted by molar-refractivity contribution is -0.123. The minimum atomic E-state index is -0.307. The van der Waals surface area contributed by atoms with Crippen LogP contribution in [0.15, 0.2) is 58.4 Å². The zero-order valence-electron chi connectivity index (χ0n) is 20.6. The summed E-state index contributed by atoms with van der Waals surface area (Å²) in [5.74, 6) is -0.237. The van der Waals surface area contributed by atoms with Gasteiger partial charge in [-0.3, -0.25) is 23.7 Å². The number of aryl methyl sites for hydroxylation is 1. The Kier molecular flexibility index (Phi) is 6.87. The predicted molar refractivity (Wildman–Crippen MR) is 150 cm³/mol. The van der Waals surface area contributed by atoms with Crippen LogP contribution >= 0.6 is 24.0 Å². The maximum Gasteiger partial charge on any atom is 0.267 e. The summed E-state index contributed by atoms with van der Waals surface area (Å²) < 4.78 is 1.95. The number of piperidine rings is 1. The quantitative estimate of drug-likeness (QED) is 0.395. The molecule has 0 unspecified atom stereocenters. The molecule has 1 atom stereocenters. The number of hydrogen-bond donors (Lipinski definition) is 1. The lowest BCUT2D eigenvalue weighted by atomic mass is 9.96. The van der Waals surface area contributed by atoms with Crippen molar-refractivity contribution < 1.29 is 9.59 Å². The van der Waals surface area contributed by atoms with Crippen LogP contribution in [-0.4, -0.2) is 43.5 Å². The second-order valence-electron chi connectivity index (χ2n) is 9.34. The highest BCUT2D eigenvalue weighted by atomic mass is 32.2. The first-order chi connectivity index (χ1) is 17.8. The van der Waals surface area contributed by atoms with Gasteiger partial charge in [0.25, 0.3) is 11.5 Å². The normalized spacial score (nSPS) is 18.7. The van der Waals surface area contributed by atoms with Gasteiger partial charge in [0.2, 0.25) is 5.91 Å². The number of hydrogen-bond acceptors (Lipinski definition) is 7. The van der Waals surface area contributed by atoms with Gasteiger partial charge in [0, 0.05) is 25.2 Å². The number of aromatic nitrogens is 2. The van der Waals surface area contributed by atoms with Crippen molar-refractivity contribution in [2.45, 2.75) is 32.7 Å². The Bertz CT molecular complexity index is 1490. The smallest absolute Gasteiger partial charge is 0.267 e. The van der Waals surface area contributed by atoms with Gasteiger partial charge in [-0.1, -0.05) is 60.4 Å². The number of fused-ring (bicyclic) bond motifs is 1. The summed E-state index contributed by atoms with van der Waals surface area (Å²) in [6, 6.07) is 13.2. The van der Waals surface area contributed by atoms with Gasteiger partial charge in [-0.25, -0.2) is 4.98 Å². The molecule has 2 aromatic heterocycles. The Balaban J connectivity index is 1.57. The number of carbonyl (C=O) groups is 2. The molecule has 10 heteroatoms. The molecule has 37 heavy (non-hydrogen) atoms. The van der Waals surface area contributed by atoms with Crippen molar-refractivity contribution in [3.63, 3.8) is 0 Å². The van der Waals surface area contributed by atoms with Crippen molar-refractivity contribution in [1.82, 2.24) is 14.3 Å². The summed E-state index contributed by atoms with van der Waals surface area (Å²) in [7, 11) is 0. The number of nitrogens with zero attached hydrogens (tertiary/aromatic N) is 4. The first kappa shape index (κ1) is 25.2. The van der Waals surface area contributed by atoms with Crippen LogP contribution in [0.1, 0.15) is 42.5 Å². The first-order valence-electron chi connectivity index (χ1n) is 12.1. The third-order valence-electron chi connectivity index (χ3n) is 7.03. The highest BCUT2D eigenvalue weighted by Crippen LogP contribution is 2.38. The maximum absolute atomic E-state index is 13.7. The molecule has 2 amide bonds. The van der Waals surface area contributed by atoms with Crippen molar-refractivity contribution in [2.24, 2.45) is 11.7 Å². The second kappa shape index (κ2) is 10.1. The standard InChI is InChI=1S/C27H27N5O3S2/c1-16-7-6-12-31-23(16)29-24(30-13-10-19(11-14-30)22(28)33)20(25(31)34)15-21-26(35)32(27(36)37-21)17(2)18-8-4-3-5-9-18/h3-9,12,15,17,19H,10-11,13-14H2,1-2H3,(H2,28,33)/b21-15-/t17-/m0/s1. The van der Waals surface area contributed by atoms with E-state index in [9.17, 15) is 14.4 Å². The maximum atomic E-state index is 13.7. The van der Waals surface area contributed by atoms with E-state index >= 15 is 0 Å². The molecule has 0 bridgehead atoms. The van der Waals surface area contributed by atoms with E-state index in [1.807, 2.05) is 55.1 Å². The largest absolute Gasteiger partial charge is 0.369 e. The van der Waals surface area contributed by atoms with E-state index in [0.29, 0.717) is 52.2 Å². The average molecular weight is 534 g/mol. The van der Waals surface area contributed by atoms with E-state index in [2.05, 4.69) is 0 Å². The molecule has 2 aliphatic heterocycles. The molecule has 3 aromatic rings. The van der Waals surface area contributed by atoms with Gasteiger partial charge >= 0.3 is 0 Å². The summed E-state index contributed by atoms with van der Waals surface area (Å²) in [4.78, 5) is 47.8. The second-order valence-corrected chi connectivity index (χ2v) is 11.0. The minimum absolute atomic E-state index is 0.196. The van der Waals surface area contributed by atoms with Crippen molar-refractivity contribution in [3.8, 4) is 0 Å². The van der Waals surface area contributed by atoms with E-state index in [0.717, 1.165) is 11.1 Å². The Morgan fingerprint density at radius 3 is 2.54 bits per heavy atom. The predicted octanol–water partition coefficient (Wildman–Crippen LogP) is 3.67. The SMILES string of the molecule is Cc1cccn2c(=O)c(/C=C3\SC(=S)N([C@@H](C)c4ccccc4)C3=O)c(N3CCC(C(N)=O)CC3)nc12. The van der Waals surface area contributed by atoms with Gasteiger partial charge in [-0.15, -0.1) is 0 Å². The number of thioether (sulfide) groups is 1. The van der Waals surface area contributed by atoms with Crippen molar-refractivity contribution in [1.29, 1.82) is 0 Å². The number of nitrogens with two attached hydrogens (primary N) is 1. The number of anilines is 1. The molecule has 4 heterocycles. The van der Waals surface area contributed by atoms with Gasteiger partial charge in [-0.2, -0.15) is 0 Å². The van der Waals surface area contributed by atoms with Gasteiger partial charge in [0.15, 0.2) is 0 Å². The molecule has 2 aliphatic rings. The molecule has 0 spiro atoms. The summed E-state index contributed by atoms with van der Waals surface area (Å²) >= 11 is 6.77. The Morgan fingerprint density at radius 1 is 1.16 bits per heavy atom. The minimum Gasteiger partial charge on any atom is -0.369 e. The number of benzene rings is 1. The van der Waals surface area contributed by atoms with Crippen LogP contribution in [0.3, 0.4) is 0 Å². The Hall–Kier alpha value is -3.50. The fourth-order valence-corrected chi connectivity index (χ4v) is 6.27.